The van der Waals surface area contributed by atoms with Gasteiger partial charge in [0.15, 0.2) is 0 Å². The number of fused-ring (bicyclic) bond motifs is 2. The normalized spacial score (nSPS) is 23.4. The summed E-state index contributed by atoms with van der Waals surface area (Å²) in [6, 6.07) is 16.9. The fourth-order valence-corrected chi connectivity index (χ4v) is 10.3. The van der Waals surface area contributed by atoms with Crippen LogP contribution in [0.2, 0.25) is 5.02 Å². The van der Waals surface area contributed by atoms with Gasteiger partial charge < -0.3 is 19.9 Å². The monoisotopic (exact) mass is 804 g/mol. The van der Waals surface area contributed by atoms with Gasteiger partial charge in [0.25, 0.3) is 17.7 Å². The van der Waals surface area contributed by atoms with Crippen LogP contribution in [-0.2, 0) is 27.2 Å². The molecule has 3 aromatic rings. The van der Waals surface area contributed by atoms with Crippen molar-refractivity contribution >= 4 is 52.7 Å². The van der Waals surface area contributed by atoms with Crippen molar-refractivity contribution in [2.45, 2.75) is 78.0 Å². The van der Waals surface area contributed by atoms with E-state index in [1.807, 2.05) is 29.2 Å². The van der Waals surface area contributed by atoms with Crippen LogP contribution >= 0.6 is 11.6 Å². The number of rotatable bonds is 8. The van der Waals surface area contributed by atoms with Crippen LogP contribution in [0.3, 0.4) is 0 Å². The maximum Gasteiger partial charge on any atom is 0.262 e. The number of hydrogen-bond donors (Lipinski definition) is 2. The Bertz CT molecular complexity index is 2250. The molecule has 2 N–H and O–H groups in total. The predicted octanol–water partition coefficient (Wildman–Crippen LogP) is 4.68. The molecule has 0 aromatic heterocycles. The van der Waals surface area contributed by atoms with Gasteiger partial charge in [-0.25, -0.2) is 0 Å². The molecule has 0 radical (unpaired) electrons. The molecule has 2 saturated heterocycles. The van der Waals surface area contributed by atoms with E-state index in [2.05, 4.69) is 49.3 Å². The number of amides is 6. The average molecular weight is 805 g/mol. The van der Waals surface area contributed by atoms with E-state index in [9.17, 15) is 34.0 Å². The minimum atomic E-state index is -1.00. The number of hydrogen-bond acceptors (Lipinski definition) is 9. The van der Waals surface area contributed by atoms with E-state index >= 15 is 0 Å². The second kappa shape index (κ2) is 14.6. The van der Waals surface area contributed by atoms with Gasteiger partial charge in [0.05, 0.1) is 21.7 Å². The number of nitrogens with one attached hydrogen (secondary N) is 2. The molecule has 1 saturated carbocycles. The zero-order valence-corrected chi connectivity index (χ0v) is 33.7. The van der Waals surface area contributed by atoms with E-state index in [1.165, 1.54) is 0 Å². The number of piperidine rings is 1. The summed E-state index contributed by atoms with van der Waals surface area (Å²) in [6.45, 7) is 10.7. The van der Waals surface area contributed by atoms with Gasteiger partial charge >= 0.3 is 0 Å². The minimum Gasteiger partial charge on any atom is -0.489 e. The van der Waals surface area contributed by atoms with Crippen molar-refractivity contribution in [1.29, 1.82) is 5.26 Å². The Kier molecular flexibility index (Phi) is 9.83. The molecular weight excluding hydrogens is 760 g/mol. The number of carbonyl (C=O) groups excluding carboxylic acids is 6. The first-order valence-corrected chi connectivity index (χ1v) is 20.1. The number of nitriles is 1. The van der Waals surface area contributed by atoms with E-state index in [0.717, 1.165) is 21.7 Å². The molecule has 5 aliphatic rings. The highest BCUT2D eigenvalue weighted by Crippen LogP contribution is 2.55. The standard InChI is InChI=1S/C44H45ClN6O7/c1-43(2)41(44(3,4)42(43)58-30-10-7-26(23-46)33(45)22-30)48-37(54)25-5-8-29(9-6-25)49-13-15-50(16-14-49)36(53)19-24-17-27-20-31-32(21-28(27)18-24)40(57)51(39(31)56)34-11-12-35(52)47-38(34)55/h5-10,20-22,24,34,41-42H,11-19H2,1-4H3,(H,48,54)(H,47,52,55). The van der Waals surface area contributed by atoms with Crippen molar-refractivity contribution in [3.8, 4) is 11.8 Å². The second-order valence-corrected chi connectivity index (χ2v) is 17.7. The molecule has 3 fully saturated rings. The van der Waals surface area contributed by atoms with Crippen molar-refractivity contribution in [3.05, 3.63) is 93.0 Å². The summed E-state index contributed by atoms with van der Waals surface area (Å²) in [6.07, 6.45) is 1.56. The maximum atomic E-state index is 13.5. The topological polar surface area (TPSA) is 169 Å². The molecule has 58 heavy (non-hydrogen) atoms. The lowest BCUT2D eigenvalue weighted by molar-refractivity contribution is -0.164. The summed E-state index contributed by atoms with van der Waals surface area (Å²) in [5.41, 5.74) is 3.55. The van der Waals surface area contributed by atoms with E-state index in [0.29, 0.717) is 67.3 Å². The zero-order valence-electron chi connectivity index (χ0n) is 32.9. The zero-order chi connectivity index (χ0) is 41.3. The first kappa shape index (κ1) is 39.1. The minimum absolute atomic E-state index is 0.0503. The molecule has 3 heterocycles. The van der Waals surface area contributed by atoms with Crippen molar-refractivity contribution in [3.63, 3.8) is 0 Å². The third-order valence-corrected chi connectivity index (χ3v) is 13.1. The Morgan fingerprint density at radius 3 is 2.09 bits per heavy atom. The molecular formula is C44H45ClN6O7. The van der Waals surface area contributed by atoms with Gasteiger partial charge in [-0.2, -0.15) is 5.26 Å². The van der Waals surface area contributed by atoms with Crippen LogP contribution < -0.4 is 20.3 Å². The Labute approximate surface area is 341 Å². The molecule has 300 valence electrons. The van der Waals surface area contributed by atoms with Gasteiger partial charge in [-0.3, -0.25) is 39.0 Å². The number of piperazine rings is 1. The molecule has 1 unspecified atom stereocenters. The lowest BCUT2D eigenvalue weighted by Crippen LogP contribution is -2.74. The van der Waals surface area contributed by atoms with Crippen LogP contribution in [0.25, 0.3) is 0 Å². The Balaban J connectivity index is 0.816. The summed E-state index contributed by atoms with van der Waals surface area (Å²) in [7, 11) is 0. The van der Waals surface area contributed by atoms with Gasteiger partial charge in [-0.05, 0) is 84.8 Å². The number of anilines is 1. The third-order valence-electron chi connectivity index (χ3n) is 12.8. The first-order chi connectivity index (χ1) is 27.6. The first-order valence-electron chi connectivity index (χ1n) is 19.7. The number of halogens is 1. The molecule has 3 aromatic carbocycles. The van der Waals surface area contributed by atoms with E-state index in [1.54, 1.807) is 30.3 Å². The summed E-state index contributed by atoms with van der Waals surface area (Å²) < 4.78 is 6.36. The molecule has 13 nitrogen and oxygen atoms in total. The number of carbonyl (C=O) groups is 6. The predicted molar refractivity (Wildman–Crippen MR) is 213 cm³/mol. The Morgan fingerprint density at radius 2 is 1.52 bits per heavy atom. The lowest BCUT2D eigenvalue weighted by Gasteiger charge is -2.63. The number of imide groups is 2. The largest absolute Gasteiger partial charge is 0.489 e. The molecule has 14 heteroatoms. The van der Waals surface area contributed by atoms with E-state index < -0.39 is 29.7 Å². The molecule has 8 rings (SSSR count). The maximum absolute atomic E-state index is 13.5. The highest BCUT2D eigenvalue weighted by Gasteiger charge is 2.64. The molecule has 6 amide bonds. The Morgan fingerprint density at radius 1 is 0.897 bits per heavy atom. The van der Waals surface area contributed by atoms with Crippen LogP contribution in [-0.4, -0.2) is 89.6 Å². The summed E-state index contributed by atoms with van der Waals surface area (Å²) in [4.78, 5) is 82.7. The third kappa shape index (κ3) is 6.77. The summed E-state index contributed by atoms with van der Waals surface area (Å²) in [5.74, 6) is -1.57. The highest BCUT2D eigenvalue weighted by molar-refractivity contribution is 6.31. The van der Waals surface area contributed by atoms with Crippen LogP contribution in [0.4, 0.5) is 5.69 Å². The van der Waals surface area contributed by atoms with Crippen molar-refractivity contribution < 1.29 is 33.5 Å². The molecule has 2 aliphatic carbocycles. The van der Waals surface area contributed by atoms with Gasteiger partial charge in [-0.15, -0.1) is 0 Å². The van der Waals surface area contributed by atoms with Gasteiger partial charge in [-0.1, -0.05) is 39.3 Å². The molecule has 1 atom stereocenters. The SMILES string of the molecule is CC1(C)C(NC(=O)c2ccc(N3CCN(C(=O)CC4Cc5cc6c(cc5C4)C(=O)N(C4CCC(=O)NC4=O)C6=O)CC3)cc2)C(C)(C)C1Oc1ccc(C#N)c(Cl)c1. The lowest BCUT2D eigenvalue weighted by atomic mass is 9.49. The number of ether oxygens (including phenoxy) is 1. The smallest absolute Gasteiger partial charge is 0.262 e. The van der Waals surface area contributed by atoms with E-state index in [4.69, 9.17) is 16.3 Å². The Hall–Kier alpha value is -5.74. The van der Waals surface area contributed by atoms with E-state index in [-0.39, 0.29) is 64.7 Å². The summed E-state index contributed by atoms with van der Waals surface area (Å²) in [5, 5.41) is 15.0. The number of benzene rings is 3. The van der Waals surface area contributed by atoms with Gasteiger partial charge in [0, 0.05) is 73.2 Å². The molecule has 0 spiro atoms. The molecule has 3 aliphatic heterocycles. The second-order valence-electron chi connectivity index (χ2n) is 17.3. The summed E-state index contributed by atoms with van der Waals surface area (Å²) >= 11 is 6.24. The van der Waals surface area contributed by atoms with Crippen molar-refractivity contribution in [2.75, 3.05) is 31.1 Å². The number of nitrogens with zero attached hydrogens (tertiary/aromatic N) is 4. The average Bonchev–Trinajstić information content (AvgIpc) is 3.70. The van der Waals surface area contributed by atoms with Gasteiger partial charge in [0.1, 0.15) is 24.0 Å². The van der Waals surface area contributed by atoms with Gasteiger partial charge in [0.2, 0.25) is 17.7 Å². The van der Waals surface area contributed by atoms with Crippen LogP contribution in [0.15, 0.2) is 54.6 Å². The van der Waals surface area contributed by atoms with Crippen LogP contribution in [0.1, 0.15) is 94.7 Å². The van der Waals surface area contributed by atoms with Crippen LogP contribution in [0.5, 0.6) is 5.75 Å². The molecule has 0 bridgehead atoms. The van der Waals surface area contributed by atoms with Crippen molar-refractivity contribution in [1.82, 2.24) is 20.4 Å². The fraction of sp³-hybridized carbons (Fsp3) is 0.432. The van der Waals surface area contributed by atoms with Crippen LogP contribution in [0, 0.1) is 28.1 Å². The van der Waals surface area contributed by atoms with Crippen molar-refractivity contribution in [2.24, 2.45) is 16.7 Å². The fourth-order valence-electron chi connectivity index (χ4n) is 10.0. The quantitative estimate of drug-likeness (QED) is 0.307. The highest BCUT2D eigenvalue weighted by atomic mass is 35.5.